The zero-order valence-corrected chi connectivity index (χ0v) is 16.8. The lowest BCUT2D eigenvalue weighted by Crippen LogP contribution is -2.27. The fourth-order valence-corrected chi connectivity index (χ4v) is 2.98. The topological polar surface area (TPSA) is 58.1 Å². The molecule has 0 atom stereocenters. The molecule has 6 heteroatoms. The van der Waals surface area contributed by atoms with Crippen LogP contribution in [-0.4, -0.2) is 29.0 Å². The maximum Gasteiger partial charge on any atom is 0.270 e. The van der Waals surface area contributed by atoms with E-state index in [2.05, 4.69) is 34.0 Å². The van der Waals surface area contributed by atoms with Gasteiger partial charge in [-0.25, -0.2) is 9.97 Å². The number of carbonyl (C=O) groups excluding carboxylic acids is 1. The van der Waals surface area contributed by atoms with Crippen LogP contribution in [-0.2, 0) is 6.54 Å². The van der Waals surface area contributed by atoms with Crippen LogP contribution in [0.25, 0.3) is 11.4 Å². The van der Waals surface area contributed by atoms with Gasteiger partial charge in [-0.3, -0.25) is 4.79 Å². The van der Waals surface area contributed by atoms with Crippen molar-refractivity contribution in [1.82, 2.24) is 15.3 Å². The summed E-state index contributed by atoms with van der Waals surface area (Å²) in [4.78, 5) is 24.1. The number of halogens is 1. The van der Waals surface area contributed by atoms with Crippen LogP contribution < -0.4 is 10.2 Å². The molecule has 0 aliphatic heterocycles. The van der Waals surface area contributed by atoms with E-state index in [0.29, 0.717) is 23.1 Å². The molecule has 0 saturated carbocycles. The van der Waals surface area contributed by atoms with Gasteiger partial charge in [-0.05, 0) is 31.5 Å². The molecule has 2 aromatic carbocycles. The number of nitrogens with zero attached hydrogens (tertiary/aromatic N) is 3. The van der Waals surface area contributed by atoms with E-state index in [0.717, 1.165) is 30.0 Å². The molecule has 0 unspecified atom stereocenters. The normalized spacial score (nSPS) is 10.5. The number of aromatic nitrogens is 2. The van der Waals surface area contributed by atoms with Gasteiger partial charge in [0.1, 0.15) is 11.5 Å². The van der Waals surface area contributed by atoms with E-state index in [9.17, 15) is 4.79 Å². The first-order valence-corrected chi connectivity index (χ1v) is 9.70. The molecule has 5 nitrogen and oxygen atoms in total. The Balaban J connectivity index is 1.88. The van der Waals surface area contributed by atoms with E-state index >= 15 is 0 Å². The van der Waals surface area contributed by atoms with Crippen molar-refractivity contribution in [2.75, 3.05) is 18.0 Å². The molecule has 0 aliphatic carbocycles. The summed E-state index contributed by atoms with van der Waals surface area (Å²) in [6.07, 6.45) is 0. The second-order valence-electron chi connectivity index (χ2n) is 6.28. The van der Waals surface area contributed by atoms with E-state index in [1.165, 1.54) is 0 Å². The second kappa shape index (κ2) is 9.33. The number of anilines is 1. The third-order valence-electron chi connectivity index (χ3n) is 4.43. The minimum Gasteiger partial charge on any atom is -0.357 e. The van der Waals surface area contributed by atoms with Crippen molar-refractivity contribution >= 4 is 23.3 Å². The number of nitrogens with one attached hydrogen (secondary N) is 1. The Kier molecular flexibility index (Phi) is 6.61. The largest absolute Gasteiger partial charge is 0.357 e. The molecule has 3 aromatic rings. The number of amides is 1. The summed E-state index contributed by atoms with van der Waals surface area (Å²) < 4.78 is 0. The summed E-state index contributed by atoms with van der Waals surface area (Å²) in [5.74, 6) is 1.06. The minimum atomic E-state index is -0.233. The van der Waals surface area contributed by atoms with Crippen molar-refractivity contribution in [2.45, 2.75) is 20.4 Å². The summed E-state index contributed by atoms with van der Waals surface area (Å²) in [7, 11) is 0. The highest BCUT2D eigenvalue weighted by Gasteiger charge is 2.15. The zero-order chi connectivity index (χ0) is 19.9. The van der Waals surface area contributed by atoms with Gasteiger partial charge in [-0.15, -0.1) is 0 Å². The van der Waals surface area contributed by atoms with Crippen LogP contribution in [0.1, 0.15) is 29.9 Å². The van der Waals surface area contributed by atoms with Gasteiger partial charge < -0.3 is 10.2 Å². The lowest BCUT2D eigenvalue weighted by Gasteiger charge is -2.21. The Bertz CT molecular complexity index is 925. The molecule has 3 rings (SSSR count). The predicted molar refractivity (Wildman–Crippen MR) is 114 cm³/mol. The van der Waals surface area contributed by atoms with Crippen molar-refractivity contribution in [3.63, 3.8) is 0 Å². The molecule has 1 aromatic heterocycles. The fourth-order valence-electron chi connectivity index (χ4n) is 2.85. The van der Waals surface area contributed by atoms with Gasteiger partial charge in [0.2, 0.25) is 0 Å². The lowest BCUT2D eigenvalue weighted by molar-refractivity contribution is 0.0946. The maximum atomic E-state index is 12.8. The highest BCUT2D eigenvalue weighted by atomic mass is 35.5. The summed E-state index contributed by atoms with van der Waals surface area (Å²) in [5.41, 5.74) is 2.20. The molecule has 1 heterocycles. The van der Waals surface area contributed by atoms with Gasteiger partial charge >= 0.3 is 0 Å². The van der Waals surface area contributed by atoms with Gasteiger partial charge in [0.05, 0.1) is 0 Å². The van der Waals surface area contributed by atoms with Gasteiger partial charge in [-0.2, -0.15) is 0 Å². The molecule has 0 spiro atoms. The number of hydrogen-bond acceptors (Lipinski definition) is 4. The minimum absolute atomic E-state index is 0.233. The van der Waals surface area contributed by atoms with E-state index in [4.69, 9.17) is 11.6 Å². The Morgan fingerprint density at radius 1 is 1.00 bits per heavy atom. The first-order valence-electron chi connectivity index (χ1n) is 9.32. The van der Waals surface area contributed by atoms with Gasteiger partial charge in [0.15, 0.2) is 5.82 Å². The molecule has 0 radical (unpaired) electrons. The molecule has 0 fully saturated rings. The third-order valence-corrected chi connectivity index (χ3v) is 4.68. The molecule has 0 saturated heterocycles. The summed E-state index contributed by atoms with van der Waals surface area (Å²) in [6, 6.07) is 18.8. The highest BCUT2D eigenvalue weighted by Crippen LogP contribution is 2.20. The van der Waals surface area contributed by atoms with Crippen molar-refractivity contribution < 1.29 is 4.79 Å². The average molecular weight is 395 g/mol. The lowest BCUT2D eigenvalue weighted by atomic mass is 10.2. The SMILES string of the molecule is CCN(CC)c1cc(C(=O)NCc2ccc(Cl)cc2)nc(-c2ccccc2)n1. The number of hydrogen-bond donors (Lipinski definition) is 1. The number of rotatable bonds is 7. The van der Waals surface area contributed by atoms with Crippen LogP contribution >= 0.6 is 11.6 Å². The Hall–Kier alpha value is -2.92. The van der Waals surface area contributed by atoms with Gasteiger partial charge in [0.25, 0.3) is 5.91 Å². The van der Waals surface area contributed by atoms with Crippen molar-refractivity contribution in [2.24, 2.45) is 0 Å². The van der Waals surface area contributed by atoms with Crippen molar-refractivity contribution in [3.8, 4) is 11.4 Å². The molecule has 144 valence electrons. The molecule has 28 heavy (non-hydrogen) atoms. The molecule has 0 bridgehead atoms. The fraction of sp³-hybridized carbons (Fsp3) is 0.227. The van der Waals surface area contributed by atoms with Crippen LogP contribution in [0.3, 0.4) is 0 Å². The smallest absolute Gasteiger partial charge is 0.270 e. The Morgan fingerprint density at radius 2 is 1.68 bits per heavy atom. The third kappa shape index (κ3) is 4.87. The second-order valence-corrected chi connectivity index (χ2v) is 6.72. The van der Waals surface area contributed by atoms with Gasteiger partial charge in [-0.1, -0.05) is 54.1 Å². The molecule has 1 N–H and O–H groups in total. The first kappa shape index (κ1) is 19.8. The van der Waals surface area contributed by atoms with Crippen LogP contribution in [0.15, 0.2) is 60.7 Å². The van der Waals surface area contributed by atoms with Crippen molar-refractivity contribution in [3.05, 3.63) is 76.9 Å². The van der Waals surface area contributed by atoms with E-state index in [-0.39, 0.29) is 5.91 Å². The molecular weight excluding hydrogens is 372 g/mol. The maximum absolute atomic E-state index is 12.8. The predicted octanol–water partition coefficient (Wildman–Crippen LogP) is 4.57. The standard InChI is InChI=1S/C22H23ClN4O/c1-3-27(4-2)20-14-19(25-21(26-20)17-8-6-5-7-9-17)22(28)24-15-16-10-12-18(23)13-11-16/h5-14H,3-4,15H2,1-2H3,(H,24,28). The van der Waals surface area contributed by atoms with Crippen LogP contribution in [0, 0.1) is 0 Å². The molecule has 1 amide bonds. The highest BCUT2D eigenvalue weighted by molar-refractivity contribution is 6.30. The number of carbonyl (C=O) groups is 1. The van der Waals surface area contributed by atoms with E-state index in [1.807, 2.05) is 42.5 Å². The monoisotopic (exact) mass is 394 g/mol. The quantitative estimate of drug-likeness (QED) is 0.637. The van der Waals surface area contributed by atoms with Crippen molar-refractivity contribution in [1.29, 1.82) is 0 Å². The molecule has 0 aliphatic rings. The Labute approximate surface area is 170 Å². The van der Waals surface area contributed by atoms with Crippen LogP contribution in [0.5, 0.6) is 0 Å². The van der Waals surface area contributed by atoms with Crippen LogP contribution in [0.4, 0.5) is 5.82 Å². The number of benzene rings is 2. The summed E-state index contributed by atoms with van der Waals surface area (Å²) in [6.45, 7) is 6.13. The summed E-state index contributed by atoms with van der Waals surface area (Å²) in [5, 5.41) is 3.59. The first-order chi connectivity index (χ1) is 13.6. The van der Waals surface area contributed by atoms with E-state index < -0.39 is 0 Å². The van der Waals surface area contributed by atoms with Gasteiger partial charge in [0, 0.05) is 36.3 Å². The molecular formula is C22H23ClN4O. The Morgan fingerprint density at radius 3 is 2.32 bits per heavy atom. The summed E-state index contributed by atoms with van der Waals surface area (Å²) >= 11 is 5.91. The van der Waals surface area contributed by atoms with E-state index in [1.54, 1.807) is 18.2 Å². The zero-order valence-electron chi connectivity index (χ0n) is 16.0. The van der Waals surface area contributed by atoms with Crippen LogP contribution in [0.2, 0.25) is 5.02 Å². The average Bonchev–Trinajstić information content (AvgIpc) is 2.74.